The monoisotopic (exact) mass is 370 g/mol. The highest BCUT2D eigenvalue weighted by atomic mass is 32.1. The lowest BCUT2D eigenvalue weighted by Gasteiger charge is -2.04. The first-order valence-electron chi connectivity index (χ1n) is 8.20. The first-order chi connectivity index (χ1) is 12.5. The first-order valence-corrected chi connectivity index (χ1v) is 9.08. The summed E-state index contributed by atoms with van der Waals surface area (Å²) in [6, 6.07) is 12.6. The molecule has 3 rings (SSSR count). The van der Waals surface area contributed by atoms with E-state index < -0.39 is 0 Å². The van der Waals surface area contributed by atoms with E-state index in [1.165, 1.54) is 17.4 Å². The summed E-state index contributed by atoms with van der Waals surface area (Å²) >= 11 is 1.29. The number of halogens is 1. The van der Waals surface area contributed by atoms with Crippen molar-refractivity contribution in [3.8, 4) is 17.0 Å². The molecular weight excluding hydrogens is 351 g/mol. The van der Waals surface area contributed by atoms with Gasteiger partial charge in [-0.2, -0.15) is 0 Å². The largest absolute Gasteiger partial charge is 0.497 e. The summed E-state index contributed by atoms with van der Waals surface area (Å²) in [5.41, 5.74) is 2.87. The van der Waals surface area contributed by atoms with Crippen molar-refractivity contribution in [1.82, 2.24) is 4.98 Å². The summed E-state index contributed by atoms with van der Waals surface area (Å²) in [5, 5.41) is 4.99. The Kier molecular flexibility index (Phi) is 5.63. The maximum absolute atomic E-state index is 14.0. The molecule has 6 heteroatoms. The molecule has 1 heterocycles. The van der Waals surface area contributed by atoms with E-state index >= 15 is 0 Å². The molecule has 0 radical (unpaired) electrons. The highest BCUT2D eigenvalue weighted by Crippen LogP contribution is 2.27. The van der Waals surface area contributed by atoms with Crippen molar-refractivity contribution >= 4 is 22.4 Å². The fraction of sp³-hybridized carbons (Fsp3) is 0.200. The topological polar surface area (TPSA) is 51.2 Å². The number of anilines is 1. The van der Waals surface area contributed by atoms with Crippen molar-refractivity contribution < 1.29 is 13.9 Å². The highest BCUT2D eigenvalue weighted by Gasteiger charge is 2.11. The summed E-state index contributed by atoms with van der Waals surface area (Å²) in [5.74, 6) is 0.357. The number of methoxy groups -OCH3 is 1. The van der Waals surface area contributed by atoms with E-state index in [9.17, 15) is 9.18 Å². The number of nitrogens with one attached hydrogen (secondary N) is 1. The lowest BCUT2D eigenvalue weighted by Crippen LogP contribution is -2.12. The van der Waals surface area contributed by atoms with Crippen LogP contribution in [-0.4, -0.2) is 18.0 Å². The molecule has 0 aliphatic carbocycles. The normalized spacial score (nSPS) is 10.6. The highest BCUT2D eigenvalue weighted by molar-refractivity contribution is 7.14. The van der Waals surface area contributed by atoms with Crippen LogP contribution < -0.4 is 10.1 Å². The third kappa shape index (κ3) is 4.46. The Balaban J connectivity index is 1.58. The van der Waals surface area contributed by atoms with E-state index in [1.54, 1.807) is 18.6 Å². The molecule has 26 heavy (non-hydrogen) atoms. The number of aryl methyl sites for hydroxylation is 2. The summed E-state index contributed by atoms with van der Waals surface area (Å²) in [4.78, 5) is 16.4. The third-order valence-corrected chi connectivity index (χ3v) is 4.71. The molecule has 1 N–H and O–H groups in total. The van der Waals surface area contributed by atoms with Crippen molar-refractivity contribution in [1.29, 1.82) is 0 Å². The molecule has 0 bridgehead atoms. The number of carbonyl (C=O) groups is 1. The molecule has 3 aromatic rings. The molecule has 0 unspecified atom stereocenters. The van der Waals surface area contributed by atoms with Crippen LogP contribution in [0.15, 0.2) is 47.8 Å². The van der Waals surface area contributed by atoms with Gasteiger partial charge in [0.05, 0.1) is 12.8 Å². The van der Waals surface area contributed by atoms with E-state index in [-0.39, 0.29) is 11.7 Å². The number of ether oxygens (including phenoxy) is 1. The maximum Gasteiger partial charge on any atom is 0.226 e. The smallest absolute Gasteiger partial charge is 0.226 e. The zero-order valence-corrected chi connectivity index (χ0v) is 15.4. The molecular formula is C20H19FN2O2S. The molecule has 1 aromatic heterocycles. The Morgan fingerprint density at radius 3 is 2.69 bits per heavy atom. The molecule has 2 aromatic carbocycles. The second-order valence-corrected chi connectivity index (χ2v) is 6.78. The Morgan fingerprint density at radius 2 is 2.00 bits per heavy atom. The standard InChI is InChI=1S/C20H19FN2O2S/c1-13-3-9-16(17(21)11-13)18-12-26-20(22-18)23-19(24)10-6-14-4-7-15(25-2)8-5-14/h3-5,7-9,11-12H,6,10H2,1-2H3,(H,22,23,24). The molecule has 134 valence electrons. The zero-order valence-electron chi connectivity index (χ0n) is 14.6. The lowest BCUT2D eigenvalue weighted by molar-refractivity contribution is -0.116. The summed E-state index contributed by atoms with van der Waals surface area (Å²) in [7, 11) is 1.62. The molecule has 0 atom stereocenters. The van der Waals surface area contributed by atoms with Gasteiger partial charge < -0.3 is 10.1 Å². The molecule has 0 aliphatic rings. The van der Waals surface area contributed by atoms with E-state index in [2.05, 4.69) is 10.3 Å². The maximum atomic E-state index is 14.0. The number of hydrogen-bond acceptors (Lipinski definition) is 4. The molecule has 4 nitrogen and oxygen atoms in total. The number of nitrogens with zero attached hydrogens (tertiary/aromatic N) is 1. The van der Waals surface area contributed by atoms with Crippen molar-refractivity contribution in [2.24, 2.45) is 0 Å². The number of thiazole rings is 1. The predicted molar refractivity (Wildman–Crippen MR) is 102 cm³/mol. The van der Waals surface area contributed by atoms with Crippen LogP contribution in [0.4, 0.5) is 9.52 Å². The van der Waals surface area contributed by atoms with Gasteiger partial charge in [0.1, 0.15) is 11.6 Å². The number of carbonyl (C=O) groups excluding carboxylic acids is 1. The lowest BCUT2D eigenvalue weighted by atomic mass is 10.1. The molecule has 0 saturated heterocycles. The first kappa shape index (κ1) is 18.1. The minimum Gasteiger partial charge on any atom is -0.497 e. The molecule has 0 saturated carbocycles. The average Bonchev–Trinajstić information content (AvgIpc) is 3.08. The number of aromatic nitrogens is 1. The van der Waals surface area contributed by atoms with Gasteiger partial charge in [-0.25, -0.2) is 9.37 Å². The van der Waals surface area contributed by atoms with Crippen LogP contribution in [0.25, 0.3) is 11.3 Å². The number of hydrogen-bond donors (Lipinski definition) is 1. The van der Waals surface area contributed by atoms with Gasteiger partial charge in [-0.05, 0) is 48.7 Å². The van der Waals surface area contributed by atoms with Crippen LogP contribution in [0, 0.1) is 12.7 Å². The van der Waals surface area contributed by atoms with Crippen LogP contribution >= 0.6 is 11.3 Å². The van der Waals surface area contributed by atoms with Gasteiger partial charge in [-0.3, -0.25) is 4.79 Å². The SMILES string of the molecule is COc1ccc(CCC(=O)Nc2nc(-c3ccc(C)cc3F)cs2)cc1. The summed E-state index contributed by atoms with van der Waals surface area (Å²) < 4.78 is 19.2. The minimum atomic E-state index is -0.312. The number of amides is 1. The minimum absolute atomic E-state index is 0.119. The van der Waals surface area contributed by atoms with Crippen LogP contribution in [0.2, 0.25) is 0 Å². The van der Waals surface area contributed by atoms with Gasteiger partial charge in [0.25, 0.3) is 0 Å². The fourth-order valence-electron chi connectivity index (χ4n) is 2.51. The molecule has 0 spiro atoms. The van der Waals surface area contributed by atoms with Crippen molar-refractivity contribution in [3.63, 3.8) is 0 Å². The molecule has 1 amide bonds. The van der Waals surface area contributed by atoms with Crippen molar-refractivity contribution in [3.05, 3.63) is 64.8 Å². The zero-order chi connectivity index (χ0) is 18.5. The Morgan fingerprint density at radius 1 is 1.23 bits per heavy atom. The van der Waals surface area contributed by atoms with Gasteiger partial charge in [0.2, 0.25) is 5.91 Å². The Labute approximate surface area is 155 Å². The Hall–Kier alpha value is -2.73. The van der Waals surface area contributed by atoms with Gasteiger partial charge in [-0.15, -0.1) is 11.3 Å². The second-order valence-electron chi connectivity index (χ2n) is 5.92. The van der Waals surface area contributed by atoms with Crippen LogP contribution in [-0.2, 0) is 11.2 Å². The number of rotatable bonds is 6. The van der Waals surface area contributed by atoms with Gasteiger partial charge in [0, 0.05) is 17.4 Å². The van der Waals surface area contributed by atoms with Gasteiger partial charge in [-0.1, -0.05) is 18.2 Å². The van der Waals surface area contributed by atoms with E-state index in [4.69, 9.17) is 4.74 Å². The van der Waals surface area contributed by atoms with Crippen LogP contribution in [0.5, 0.6) is 5.75 Å². The fourth-order valence-corrected chi connectivity index (χ4v) is 3.24. The third-order valence-electron chi connectivity index (χ3n) is 3.95. The van der Waals surface area contributed by atoms with Crippen LogP contribution in [0.3, 0.4) is 0 Å². The average molecular weight is 370 g/mol. The number of benzene rings is 2. The van der Waals surface area contributed by atoms with Crippen molar-refractivity contribution in [2.75, 3.05) is 12.4 Å². The quantitative estimate of drug-likeness (QED) is 0.676. The van der Waals surface area contributed by atoms with E-state index in [1.807, 2.05) is 37.3 Å². The van der Waals surface area contributed by atoms with Crippen molar-refractivity contribution in [2.45, 2.75) is 19.8 Å². The summed E-state index contributed by atoms with van der Waals surface area (Å²) in [6.07, 6.45) is 0.973. The molecule has 0 fully saturated rings. The van der Waals surface area contributed by atoms with Gasteiger partial charge >= 0.3 is 0 Å². The van der Waals surface area contributed by atoms with Gasteiger partial charge in [0.15, 0.2) is 5.13 Å². The van der Waals surface area contributed by atoms with E-state index in [0.29, 0.717) is 29.2 Å². The Bertz CT molecular complexity index is 906. The van der Waals surface area contributed by atoms with Crippen LogP contribution in [0.1, 0.15) is 17.5 Å². The predicted octanol–water partition coefficient (Wildman–Crippen LogP) is 4.84. The summed E-state index contributed by atoms with van der Waals surface area (Å²) in [6.45, 7) is 1.84. The second kappa shape index (κ2) is 8.10. The van der Waals surface area contributed by atoms with E-state index in [0.717, 1.165) is 16.9 Å². The molecule has 0 aliphatic heterocycles.